The molecule has 1 fully saturated rings. The van der Waals surface area contributed by atoms with Crippen LogP contribution in [0.2, 0.25) is 0 Å². The number of nitrogens with one attached hydrogen (secondary N) is 1. The first-order valence-electron chi connectivity index (χ1n) is 7.36. The van der Waals surface area contributed by atoms with E-state index in [1.165, 1.54) is 0 Å². The van der Waals surface area contributed by atoms with E-state index in [1.807, 2.05) is 6.92 Å². The average Bonchev–Trinajstić information content (AvgIpc) is 2.67. The standard InChI is InChI=1S/C14H26N2O4/c1-11(13(17)18)5-3-6-12(2)15-14(19)16-7-4-9-20-10-8-16/h11-12H,3-10H2,1-2H3,(H,15,19)(H,17,18). The van der Waals surface area contributed by atoms with Gasteiger partial charge >= 0.3 is 12.0 Å². The summed E-state index contributed by atoms with van der Waals surface area (Å²) in [4.78, 5) is 24.5. The first-order chi connectivity index (χ1) is 9.50. The molecule has 1 saturated heterocycles. The number of carbonyl (C=O) groups is 2. The van der Waals surface area contributed by atoms with Gasteiger partial charge in [0.25, 0.3) is 0 Å². The lowest BCUT2D eigenvalue weighted by molar-refractivity contribution is -0.141. The lowest BCUT2D eigenvalue weighted by Gasteiger charge is -2.23. The SMILES string of the molecule is CC(CCCC(C)C(=O)O)NC(=O)N1CCCOCC1. The maximum absolute atomic E-state index is 12.0. The van der Waals surface area contributed by atoms with Crippen molar-refractivity contribution in [3.63, 3.8) is 0 Å². The Kier molecular flexibility index (Phi) is 7.36. The molecule has 0 aromatic carbocycles. The predicted octanol–water partition coefficient (Wildman–Crippen LogP) is 1.70. The monoisotopic (exact) mass is 286 g/mol. The molecule has 1 rings (SSSR count). The van der Waals surface area contributed by atoms with Gasteiger partial charge in [0.05, 0.1) is 12.5 Å². The minimum atomic E-state index is -0.758. The summed E-state index contributed by atoms with van der Waals surface area (Å²) in [5.74, 6) is -1.08. The van der Waals surface area contributed by atoms with Gasteiger partial charge in [-0.1, -0.05) is 13.3 Å². The summed E-state index contributed by atoms with van der Waals surface area (Å²) in [7, 11) is 0. The molecule has 116 valence electrons. The third-order valence-corrected chi connectivity index (χ3v) is 3.58. The number of ether oxygens (including phenoxy) is 1. The van der Waals surface area contributed by atoms with Gasteiger partial charge in [0.2, 0.25) is 0 Å². The second-order valence-electron chi connectivity index (χ2n) is 5.47. The zero-order valence-corrected chi connectivity index (χ0v) is 12.4. The van der Waals surface area contributed by atoms with Crippen LogP contribution in [-0.4, -0.2) is 54.4 Å². The van der Waals surface area contributed by atoms with Crippen LogP contribution in [0.4, 0.5) is 4.79 Å². The number of hydrogen-bond acceptors (Lipinski definition) is 3. The summed E-state index contributed by atoms with van der Waals surface area (Å²) in [5, 5.41) is 11.8. The normalized spacial score (nSPS) is 19.0. The molecule has 0 spiro atoms. The molecule has 1 heterocycles. The first-order valence-corrected chi connectivity index (χ1v) is 7.36. The highest BCUT2D eigenvalue weighted by Crippen LogP contribution is 2.10. The smallest absolute Gasteiger partial charge is 0.317 e. The molecule has 20 heavy (non-hydrogen) atoms. The van der Waals surface area contributed by atoms with Gasteiger partial charge in [-0.15, -0.1) is 0 Å². The predicted molar refractivity (Wildman–Crippen MR) is 75.7 cm³/mol. The number of aliphatic carboxylic acids is 1. The quantitative estimate of drug-likeness (QED) is 0.779. The molecule has 1 aliphatic rings. The number of hydrogen-bond donors (Lipinski definition) is 2. The molecule has 0 aromatic rings. The fraction of sp³-hybridized carbons (Fsp3) is 0.857. The molecule has 0 saturated carbocycles. The summed E-state index contributed by atoms with van der Waals surface area (Å²) >= 11 is 0. The molecule has 2 amide bonds. The number of rotatable bonds is 6. The number of nitrogens with zero attached hydrogens (tertiary/aromatic N) is 1. The summed E-state index contributed by atoms with van der Waals surface area (Å²) in [5.41, 5.74) is 0. The van der Waals surface area contributed by atoms with E-state index < -0.39 is 5.97 Å². The maximum Gasteiger partial charge on any atom is 0.317 e. The van der Waals surface area contributed by atoms with Gasteiger partial charge in [0.15, 0.2) is 0 Å². The molecule has 0 aliphatic carbocycles. The molecule has 0 bridgehead atoms. The Morgan fingerprint density at radius 3 is 2.70 bits per heavy atom. The average molecular weight is 286 g/mol. The lowest BCUT2D eigenvalue weighted by Crippen LogP contribution is -2.44. The number of carbonyl (C=O) groups excluding carboxylic acids is 1. The minimum Gasteiger partial charge on any atom is -0.481 e. The maximum atomic E-state index is 12.0. The van der Waals surface area contributed by atoms with Crippen LogP contribution in [0.15, 0.2) is 0 Å². The van der Waals surface area contributed by atoms with E-state index in [0.29, 0.717) is 26.2 Å². The van der Waals surface area contributed by atoms with E-state index in [9.17, 15) is 9.59 Å². The zero-order valence-electron chi connectivity index (χ0n) is 12.4. The zero-order chi connectivity index (χ0) is 15.0. The summed E-state index contributed by atoms with van der Waals surface area (Å²) < 4.78 is 5.32. The van der Waals surface area contributed by atoms with Gasteiger partial charge in [-0.2, -0.15) is 0 Å². The van der Waals surface area contributed by atoms with Crippen LogP contribution in [0.3, 0.4) is 0 Å². The number of amides is 2. The molecule has 6 nitrogen and oxygen atoms in total. The Bertz CT molecular complexity index is 314. The topological polar surface area (TPSA) is 78.9 Å². The number of carboxylic acids is 1. The third kappa shape index (κ3) is 6.23. The summed E-state index contributed by atoms with van der Waals surface area (Å²) in [6.07, 6.45) is 3.12. The van der Waals surface area contributed by atoms with E-state index in [2.05, 4.69) is 5.32 Å². The fourth-order valence-corrected chi connectivity index (χ4v) is 2.18. The third-order valence-electron chi connectivity index (χ3n) is 3.58. The van der Waals surface area contributed by atoms with Crippen LogP contribution < -0.4 is 5.32 Å². The number of urea groups is 1. The number of carboxylic acid groups (broad SMARTS) is 1. The molecular weight excluding hydrogens is 260 g/mol. The van der Waals surface area contributed by atoms with Gasteiger partial charge in [-0.05, 0) is 26.2 Å². The van der Waals surface area contributed by atoms with Crippen LogP contribution in [0, 0.1) is 5.92 Å². The molecule has 0 aromatic heterocycles. The Balaban J connectivity index is 2.21. The minimum absolute atomic E-state index is 0.0470. The van der Waals surface area contributed by atoms with Crippen LogP contribution in [0.25, 0.3) is 0 Å². The van der Waals surface area contributed by atoms with Gasteiger partial charge in [0.1, 0.15) is 0 Å². The second kappa shape index (κ2) is 8.79. The van der Waals surface area contributed by atoms with Crippen molar-refractivity contribution in [2.24, 2.45) is 5.92 Å². The largest absolute Gasteiger partial charge is 0.481 e. The molecule has 2 unspecified atom stereocenters. The molecule has 6 heteroatoms. The first kappa shape index (κ1) is 16.8. The van der Waals surface area contributed by atoms with Crippen LogP contribution in [0.1, 0.15) is 39.5 Å². The van der Waals surface area contributed by atoms with Crippen molar-refractivity contribution in [1.29, 1.82) is 0 Å². The highest BCUT2D eigenvalue weighted by molar-refractivity contribution is 5.74. The van der Waals surface area contributed by atoms with Gasteiger partial charge in [0, 0.05) is 25.7 Å². The van der Waals surface area contributed by atoms with E-state index >= 15 is 0 Å². The Hall–Kier alpha value is -1.30. The summed E-state index contributed by atoms with van der Waals surface area (Å²) in [6, 6.07) is 0.0157. The van der Waals surface area contributed by atoms with Gasteiger partial charge < -0.3 is 20.1 Å². The van der Waals surface area contributed by atoms with Crippen LogP contribution in [-0.2, 0) is 9.53 Å². The van der Waals surface area contributed by atoms with Crippen molar-refractivity contribution in [3.05, 3.63) is 0 Å². The van der Waals surface area contributed by atoms with Crippen molar-refractivity contribution >= 4 is 12.0 Å². The fourth-order valence-electron chi connectivity index (χ4n) is 2.18. The molecule has 2 N–H and O–H groups in total. The molecule has 0 radical (unpaired) electrons. The van der Waals surface area contributed by atoms with Crippen LogP contribution in [0.5, 0.6) is 0 Å². The van der Waals surface area contributed by atoms with E-state index in [1.54, 1.807) is 11.8 Å². The molecular formula is C14H26N2O4. The van der Waals surface area contributed by atoms with Gasteiger partial charge in [-0.25, -0.2) is 4.79 Å². The van der Waals surface area contributed by atoms with Crippen molar-refractivity contribution in [2.45, 2.75) is 45.6 Å². The van der Waals surface area contributed by atoms with Crippen molar-refractivity contribution in [2.75, 3.05) is 26.3 Å². The van der Waals surface area contributed by atoms with Crippen LogP contribution >= 0.6 is 0 Å². The van der Waals surface area contributed by atoms with Crippen molar-refractivity contribution in [3.8, 4) is 0 Å². The Morgan fingerprint density at radius 2 is 2.00 bits per heavy atom. The molecule has 2 atom stereocenters. The van der Waals surface area contributed by atoms with Crippen molar-refractivity contribution in [1.82, 2.24) is 10.2 Å². The van der Waals surface area contributed by atoms with Crippen molar-refractivity contribution < 1.29 is 19.4 Å². The highest BCUT2D eigenvalue weighted by atomic mass is 16.5. The summed E-state index contributed by atoms with van der Waals surface area (Å²) in [6.45, 7) is 6.34. The van der Waals surface area contributed by atoms with E-state index in [-0.39, 0.29) is 18.0 Å². The van der Waals surface area contributed by atoms with E-state index in [0.717, 1.165) is 25.8 Å². The lowest BCUT2D eigenvalue weighted by atomic mass is 10.0. The van der Waals surface area contributed by atoms with E-state index in [4.69, 9.17) is 9.84 Å². The highest BCUT2D eigenvalue weighted by Gasteiger charge is 2.17. The Labute approximate surface area is 120 Å². The second-order valence-corrected chi connectivity index (χ2v) is 5.47. The van der Waals surface area contributed by atoms with Gasteiger partial charge in [-0.3, -0.25) is 4.79 Å². The molecule has 1 aliphatic heterocycles. The Morgan fingerprint density at radius 1 is 1.25 bits per heavy atom.